The second-order valence-corrected chi connectivity index (χ2v) is 11.4. The molecule has 8 heteroatoms. The number of benzene rings is 2. The quantitative estimate of drug-likeness (QED) is 0.398. The Labute approximate surface area is 216 Å². The molecule has 0 aliphatic rings. The smallest absolute Gasteiger partial charge is 0.242 e. The van der Waals surface area contributed by atoms with E-state index in [2.05, 4.69) is 12.2 Å². The Morgan fingerprint density at radius 3 is 2.33 bits per heavy atom. The van der Waals surface area contributed by atoms with Crippen LogP contribution in [0.4, 0.5) is 5.69 Å². The molecule has 1 N–H and O–H groups in total. The molecular formula is C28H41N3O4S. The molecule has 2 aromatic carbocycles. The van der Waals surface area contributed by atoms with Gasteiger partial charge in [-0.15, -0.1) is 0 Å². The summed E-state index contributed by atoms with van der Waals surface area (Å²) in [5, 5.41) is 2.93. The minimum absolute atomic E-state index is 0.134. The van der Waals surface area contributed by atoms with Gasteiger partial charge in [0.15, 0.2) is 0 Å². The standard InChI is InChI=1S/C28H41N3O4S/c1-7-8-17-29-28(33)24(5)30(20-25-13-10-9-12-22(25)3)27(32)14-11-18-31(36(6,34)35)26-19-21(2)15-16-23(26)4/h9-10,12-13,15-16,19,24H,7-8,11,14,17-18,20H2,1-6H3,(H,29,33)/t24-/m0/s1. The molecular weight excluding hydrogens is 474 g/mol. The topological polar surface area (TPSA) is 86.8 Å². The third-order valence-electron chi connectivity index (χ3n) is 6.38. The molecule has 0 spiro atoms. The zero-order valence-corrected chi connectivity index (χ0v) is 23.3. The maximum Gasteiger partial charge on any atom is 0.242 e. The van der Waals surface area contributed by atoms with Gasteiger partial charge < -0.3 is 10.2 Å². The van der Waals surface area contributed by atoms with Gasteiger partial charge in [-0.1, -0.05) is 49.7 Å². The highest BCUT2D eigenvalue weighted by atomic mass is 32.2. The first kappa shape index (κ1) is 29.4. The van der Waals surface area contributed by atoms with Crippen LogP contribution in [-0.4, -0.2) is 50.5 Å². The highest BCUT2D eigenvalue weighted by molar-refractivity contribution is 7.92. The van der Waals surface area contributed by atoms with E-state index in [4.69, 9.17) is 0 Å². The SMILES string of the molecule is CCCCNC(=O)[C@H](C)N(Cc1ccccc1C)C(=O)CCCN(c1cc(C)ccc1C)S(C)(=O)=O. The lowest BCUT2D eigenvalue weighted by molar-refractivity contribution is -0.140. The molecule has 0 heterocycles. The highest BCUT2D eigenvalue weighted by Crippen LogP contribution is 2.25. The van der Waals surface area contributed by atoms with Crippen LogP contribution in [0.1, 0.15) is 61.8 Å². The first-order valence-corrected chi connectivity index (χ1v) is 14.5. The van der Waals surface area contributed by atoms with Gasteiger partial charge in [0.1, 0.15) is 6.04 Å². The number of carbonyl (C=O) groups is 2. The summed E-state index contributed by atoms with van der Waals surface area (Å²) in [6, 6.07) is 12.9. The van der Waals surface area contributed by atoms with Crippen LogP contribution < -0.4 is 9.62 Å². The molecule has 0 unspecified atom stereocenters. The van der Waals surface area contributed by atoms with Gasteiger partial charge in [0, 0.05) is 26.1 Å². The van der Waals surface area contributed by atoms with E-state index in [1.54, 1.807) is 11.8 Å². The van der Waals surface area contributed by atoms with Crippen molar-refractivity contribution in [2.75, 3.05) is 23.7 Å². The Morgan fingerprint density at radius 1 is 1.00 bits per heavy atom. The second kappa shape index (κ2) is 13.4. The molecule has 0 aliphatic heterocycles. The number of nitrogens with zero attached hydrogens (tertiary/aromatic N) is 2. The molecule has 0 saturated heterocycles. The monoisotopic (exact) mass is 515 g/mol. The van der Waals surface area contributed by atoms with Crippen LogP contribution in [0.3, 0.4) is 0 Å². The number of sulfonamides is 1. The van der Waals surface area contributed by atoms with Gasteiger partial charge in [-0.3, -0.25) is 13.9 Å². The molecule has 0 radical (unpaired) electrons. The maximum atomic E-state index is 13.4. The van der Waals surface area contributed by atoms with Gasteiger partial charge in [0.05, 0.1) is 11.9 Å². The normalized spacial score (nSPS) is 12.2. The number of amides is 2. The molecule has 0 aliphatic carbocycles. The van der Waals surface area contributed by atoms with E-state index in [9.17, 15) is 18.0 Å². The van der Waals surface area contributed by atoms with Crippen molar-refractivity contribution in [1.82, 2.24) is 10.2 Å². The van der Waals surface area contributed by atoms with Crippen LogP contribution in [0.15, 0.2) is 42.5 Å². The molecule has 0 bridgehead atoms. The summed E-state index contributed by atoms with van der Waals surface area (Å²) in [6.07, 6.45) is 3.51. The predicted molar refractivity (Wildman–Crippen MR) is 146 cm³/mol. The van der Waals surface area contributed by atoms with E-state index < -0.39 is 16.1 Å². The second-order valence-electron chi connectivity index (χ2n) is 9.50. The highest BCUT2D eigenvalue weighted by Gasteiger charge is 2.27. The number of anilines is 1. The van der Waals surface area contributed by atoms with Crippen molar-refractivity contribution in [3.8, 4) is 0 Å². The Bertz CT molecular complexity index is 1150. The zero-order chi connectivity index (χ0) is 26.9. The van der Waals surface area contributed by atoms with Crippen molar-refractivity contribution in [3.63, 3.8) is 0 Å². The minimum Gasteiger partial charge on any atom is -0.354 e. The maximum absolute atomic E-state index is 13.4. The van der Waals surface area contributed by atoms with E-state index in [0.29, 0.717) is 25.2 Å². The number of nitrogens with one attached hydrogen (secondary N) is 1. The molecule has 36 heavy (non-hydrogen) atoms. The molecule has 2 rings (SSSR count). The number of rotatable bonds is 13. The summed E-state index contributed by atoms with van der Waals surface area (Å²) in [7, 11) is -3.53. The lowest BCUT2D eigenvalue weighted by Gasteiger charge is -2.30. The lowest BCUT2D eigenvalue weighted by Crippen LogP contribution is -2.48. The molecule has 1 atom stereocenters. The first-order chi connectivity index (χ1) is 17.0. The van der Waals surface area contributed by atoms with Crippen molar-refractivity contribution in [2.45, 2.75) is 72.9 Å². The van der Waals surface area contributed by atoms with Crippen molar-refractivity contribution in [2.24, 2.45) is 0 Å². The van der Waals surface area contributed by atoms with Crippen molar-refractivity contribution in [1.29, 1.82) is 0 Å². The molecule has 0 fully saturated rings. The molecule has 0 aromatic heterocycles. The Hall–Kier alpha value is -2.87. The van der Waals surface area contributed by atoms with Crippen molar-refractivity contribution < 1.29 is 18.0 Å². The average Bonchev–Trinajstić information content (AvgIpc) is 2.81. The largest absolute Gasteiger partial charge is 0.354 e. The Balaban J connectivity index is 2.19. The number of hydrogen-bond acceptors (Lipinski definition) is 4. The Kier molecular flexibility index (Phi) is 11.0. The third kappa shape index (κ3) is 8.36. The average molecular weight is 516 g/mol. The van der Waals surface area contributed by atoms with Gasteiger partial charge in [-0.25, -0.2) is 8.42 Å². The fraction of sp³-hybridized carbons (Fsp3) is 0.500. The zero-order valence-electron chi connectivity index (χ0n) is 22.5. The van der Waals surface area contributed by atoms with E-state index in [1.807, 2.05) is 63.2 Å². The third-order valence-corrected chi connectivity index (χ3v) is 7.56. The molecule has 7 nitrogen and oxygen atoms in total. The lowest BCUT2D eigenvalue weighted by atomic mass is 10.1. The number of aryl methyl sites for hydroxylation is 3. The summed E-state index contributed by atoms with van der Waals surface area (Å²) < 4.78 is 26.5. The van der Waals surface area contributed by atoms with E-state index in [0.717, 1.165) is 35.1 Å². The van der Waals surface area contributed by atoms with Crippen LogP contribution in [0.5, 0.6) is 0 Å². The van der Waals surface area contributed by atoms with Crippen molar-refractivity contribution >= 4 is 27.5 Å². The summed E-state index contributed by atoms with van der Waals surface area (Å²) in [5.41, 5.74) is 4.48. The van der Waals surface area contributed by atoms with Crippen molar-refractivity contribution in [3.05, 3.63) is 64.7 Å². The van der Waals surface area contributed by atoms with E-state index >= 15 is 0 Å². The van der Waals surface area contributed by atoms with Gasteiger partial charge >= 0.3 is 0 Å². The Morgan fingerprint density at radius 2 is 1.69 bits per heavy atom. The summed E-state index contributed by atoms with van der Waals surface area (Å²) >= 11 is 0. The minimum atomic E-state index is -3.53. The van der Waals surface area contributed by atoms with Gasteiger partial charge in [0.2, 0.25) is 21.8 Å². The number of hydrogen-bond donors (Lipinski definition) is 1. The van der Waals surface area contributed by atoms with Crippen LogP contribution in [0.2, 0.25) is 0 Å². The summed E-state index contributed by atoms with van der Waals surface area (Å²) in [5.74, 6) is -0.357. The number of carbonyl (C=O) groups excluding carboxylic acids is 2. The van der Waals surface area contributed by atoms with E-state index in [1.165, 1.54) is 10.6 Å². The van der Waals surface area contributed by atoms with Gasteiger partial charge in [-0.05, 0) is 68.9 Å². The molecule has 2 amide bonds. The first-order valence-electron chi connectivity index (χ1n) is 12.6. The van der Waals surface area contributed by atoms with Crippen LogP contribution in [0, 0.1) is 20.8 Å². The van der Waals surface area contributed by atoms with Gasteiger partial charge in [0.25, 0.3) is 0 Å². The fourth-order valence-corrected chi connectivity index (χ4v) is 5.07. The molecule has 0 saturated carbocycles. The summed E-state index contributed by atoms with van der Waals surface area (Å²) in [6.45, 7) is 10.7. The van der Waals surface area contributed by atoms with E-state index in [-0.39, 0.29) is 24.8 Å². The predicted octanol–water partition coefficient (Wildman–Crippen LogP) is 4.49. The number of unbranched alkanes of at least 4 members (excludes halogenated alkanes) is 1. The van der Waals surface area contributed by atoms with Crippen LogP contribution in [0.25, 0.3) is 0 Å². The fourth-order valence-electron chi connectivity index (χ4n) is 4.06. The van der Waals surface area contributed by atoms with Crippen LogP contribution >= 0.6 is 0 Å². The van der Waals surface area contributed by atoms with Crippen LogP contribution in [-0.2, 0) is 26.2 Å². The summed E-state index contributed by atoms with van der Waals surface area (Å²) in [4.78, 5) is 27.8. The van der Waals surface area contributed by atoms with Gasteiger partial charge in [-0.2, -0.15) is 0 Å². The molecule has 2 aromatic rings. The molecule has 198 valence electrons.